The van der Waals surface area contributed by atoms with Gasteiger partial charge in [0.05, 0.1) is 0 Å². The highest BCUT2D eigenvalue weighted by Gasteiger charge is 2.46. The number of Topliss-reactive ketones (excluding diaryl/α,β-unsaturated/α-hetero) is 1. The number of unbranched alkanes of at least 4 members (excludes halogenated alkanes) is 1. The van der Waals surface area contributed by atoms with Gasteiger partial charge in [-0.1, -0.05) is 12.5 Å². The summed E-state index contributed by atoms with van der Waals surface area (Å²) in [5.74, 6) is 0.361. The first-order chi connectivity index (χ1) is 7.24. The van der Waals surface area contributed by atoms with Gasteiger partial charge in [0.25, 0.3) is 0 Å². The third-order valence-electron chi connectivity index (χ3n) is 3.51. The molecule has 2 aliphatic rings. The molecule has 1 saturated carbocycles. The molecule has 2 rings (SSSR count). The predicted octanol–water partition coefficient (Wildman–Crippen LogP) is 1.11. The highest BCUT2D eigenvalue weighted by Crippen LogP contribution is 2.42. The molecule has 0 heterocycles. The quantitative estimate of drug-likeness (QED) is 0.704. The molecule has 1 N–H and O–H groups in total. The van der Waals surface area contributed by atoms with Crippen LogP contribution in [0.5, 0.6) is 0 Å². The maximum absolute atomic E-state index is 11.6. The van der Waals surface area contributed by atoms with E-state index >= 15 is 0 Å². The Kier molecular flexibility index (Phi) is 3.00. The van der Waals surface area contributed by atoms with Crippen molar-refractivity contribution in [3.8, 4) is 0 Å². The lowest BCUT2D eigenvalue weighted by Crippen LogP contribution is -2.19. The smallest absolute Gasteiger partial charge is 0.159 e. The summed E-state index contributed by atoms with van der Waals surface area (Å²) in [5.41, 5.74) is 0. The van der Waals surface area contributed by atoms with Crippen molar-refractivity contribution in [3.05, 3.63) is 12.2 Å². The molecule has 0 aromatic rings. The number of carbonyl (C=O) groups is 2. The number of carbonyl (C=O) groups excluding carboxylic acids is 2. The van der Waals surface area contributed by atoms with Gasteiger partial charge >= 0.3 is 0 Å². The number of rotatable bonds is 4. The molecule has 82 valence electrons. The van der Waals surface area contributed by atoms with Gasteiger partial charge in [0.2, 0.25) is 0 Å². The fourth-order valence-corrected chi connectivity index (χ4v) is 2.76. The molecule has 3 atom stereocenters. The van der Waals surface area contributed by atoms with Gasteiger partial charge in [0.15, 0.2) is 5.78 Å². The summed E-state index contributed by atoms with van der Waals surface area (Å²) in [6.45, 7) is 0.195. The lowest BCUT2D eigenvalue weighted by atomic mass is 9.87. The highest BCUT2D eigenvalue weighted by molar-refractivity contribution is 6.03. The second-order valence-corrected chi connectivity index (χ2v) is 4.46. The fraction of sp³-hybridized carbons (Fsp3) is 0.667. The zero-order valence-electron chi connectivity index (χ0n) is 8.69. The summed E-state index contributed by atoms with van der Waals surface area (Å²) in [4.78, 5) is 23.1. The van der Waals surface area contributed by atoms with Crippen LogP contribution in [-0.4, -0.2) is 23.3 Å². The molecular weight excluding hydrogens is 192 g/mol. The van der Waals surface area contributed by atoms with Crippen LogP contribution in [0, 0.1) is 17.8 Å². The Morgan fingerprint density at radius 3 is 2.87 bits per heavy atom. The van der Waals surface area contributed by atoms with Crippen molar-refractivity contribution in [2.45, 2.75) is 25.7 Å². The third-order valence-corrected chi connectivity index (χ3v) is 3.51. The van der Waals surface area contributed by atoms with Crippen LogP contribution in [0.2, 0.25) is 0 Å². The van der Waals surface area contributed by atoms with E-state index < -0.39 is 0 Å². The van der Waals surface area contributed by atoms with E-state index in [1.54, 1.807) is 12.2 Å². The van der Waals surface area contributed by atoms with Crippen LogP contribution in [0.25, 0.3) is 0 Å². The van der Waals surface area contributed by atoms with Crippen molar-refractivity contribution in [3.63, 3.8) is 0 Å². The van der Waals surface area contributed by atoms with Crippen LogP contribution in [0.15, 0.2) is 12.2 Å². The van der Waals surface area contributed by atoms with Crippen molar-refractivity contribution >= 4 is 11.6 Å². The van der Waals surface area contributed by atoms with Gasteiger partial charge in [-0.25, -0.2) is 0 Å². The second-order valence-electron chi connectivity index (χ2n) is 4.46. The number of fused-ring (bicyclic) bond motifs is 1. The van der Waals surface area contributed by atoms with Crippen molar-refractivity contribution < 1.29 is 14.7 Å². The number of ketones is 2. The van der Waals surface area contributed by atoms with Gasteiger partial charge in [-0.2, -0.15) is 0 Å². The average Bonchev–Trinajstić information content (AvgIpc) is 2.72. The van der Waals surface area contributed by atoms with Gasteiger partial charge in [-0.05, 0) is 24.8 Å². The van der Waals surface area contributed by atoms with Crippen LogP contribution in [0.3, 0.4) is 0 Å². The molecule has 0 aromatic heterocycles. The number of aliphatic hydroxyl groups excluding tert-OH is 1. The zero-order chi connectivity index (χ0) is 10.8. The van der Waals surface area contributed by atoms with Crippen molar-refractivity contribution in [1.29, 1.82) is 0 Å². The van der Waals surface area contributed by atoms with E-state index in [0.29, 0.717) is 6.42 Å². The van der Waals surface area contributed by atoms with E-state index in [-0.39, 0.29) is 35.9 Å². The lowest BCUT2D eigenvalue weighted by molar-refractivity contribution is -0.123. The maximum Gasteiger partial charge on any atom is 0.159 e. The molecule has 0 spiro atoms. The first kappa shape index (κ1) is 10.6. The van der Waals surface area contributed by atoms with Crippen LogP contribution in [0.4, 0.5) is 0 Å². The number of hydrogen-bond acceptors (Lipinski definition) is 3. The molecular formula is C12H16O3. The first-order valence-corrected chi connectivity index (χ1v) is 5.59. The molecule has 15 heavy (non-hydrogen) atoms. The molecule has 0 saturated heterocycles. The Labute approximate surface area is 89.2 Å². The molecule has 3 heteroatoms. The minimum Gasteiger partial charge on any atom is -0.396 e. The minimum atomic E-state index is -0.128. The monoisotopic (exact) mass is 208 g/mol. The van der Waals surface area contributed by atoms with E-state index in [1.807, 2.05) is 0 Å². The lowest BCUT2D eigenvalue weighted by Gasteiger charge is -2.15. The Balaban J connectivity index is 1.97. The minimum absolute atomic E-state index is 0.0730. The molecule has 0 aliphatic heterocycles. The summed E-state index contributed by atoms with van der Waals surface area (Å²) in [7, 11) is 0. The van der Waals surface area contributed by atoms with E-state index in [9.17, 15) is 9.59 Å². The van der Waals surface area contributed by atoms with Crippen LogP contribution in [0.1, 0.15) is 25.7 Å². The fourth-order valence-electron chi connectivity index (χ4n) is 2.76. The predicted molar refractivity (Wildman–Crippen MR) is 55.2 cm³/mol. The molecule has 3 nitrogen and oxygen atoms in total. The first-order valence-electron chi connectivity index (χ1n) is 5.59. The van der Waals surface area contributed by atoms with E-state index in [2.05, 4.69) is 0 Å². The molecule has 2 aliphatic carbocycles. The number of allylic oxidation sites excluding steroid dienone is 2. The number of aliphatic hydroxyl groups is 1. The largest absolute Gasteiger partial charge is 0.396 e. The summed E-state index contributed by atoms with van der Waals surface area (Å²) in [6.07, 6.45) is 6.44. The Morgan fingerprint density at radius 1 is 1.33 bits per heavy atom. The average molecular weight is 208 g/mol. The maximum atomic E-state index is 11.6. The summed E-state index contributed by atoms with van der Waals surface area (Å²) in [6, 6.07) is 0. The topological polar surface area (TPSA) is 54.4 Å². The third kappa shape index (κ3) is 1.88. The van der Waals surface area contributed by atoms with Gasteiger partial charge in [0.1, 0.15) is 5.78 Å². The molecule has 0 radical (unpaired) electrons. The summed E-state index contributed by atoms with van der Waals surface area (Å²) >= 11 is 0. The number of hydrogen-bond donors (Lipinski definition) is 1. The summed E-state index contributed by atoms with van der Waals surface area (Å²) < 4.78 is 0. The van der Waals surface area contributed by atoms with Crippen LogP contribution < -0.4 is 0 Å². The molecule has 0 aromatic carbocycles. The molecule has 0 unspecified atom stereocenters. The highest BCUT2D eigenvalue weighted by atomic mass is 16.2. The van der Waals surface area contributed by atoms with Crippen molar-refractivity contribution in [2.24, 2.45) is 17.8 Å². The van der Waals surface area contributed by atoms with Crippen molar-refractivity contribution in [2.75, 3.05) is 6.61 Å². The Morgan fingerprint density at radius 2 is 2.13 bits per heavy atom. The molecule has 1 fully saturated rings. The summed E-state index contributed by atoms with van der Waals surface area (Å²) in [5, 5.41) is 8.69. The normalized spacial score (nSPS) is 33.8. The molecule has 0 bridgehead atoms. The zero-order valence-corrected chi connectivity index (χ0v) is 8.69. The molecule has 0 amide bonds. The SMILES string of the molecule is O=C1C=C[C@H]2C(=O)C[C@H](CCCCO)[C@@H]12. The standard InChI is InChI=1S/C12H16O3/c13-6-2-1-3-8-7-11(15)9-4-5-10(14)12(8)9/h4-5,8-9,12-13H,1-3,6-7H2/t8-,9-,12+/m0/s1. The van der Waals surface area contributed by atoms with Gasteiger partial charge in [0, 0.05) is 24.9 Å². The Bertz CT molecular complexity index is 306. The van der Waals surface area contributed by atoms with Crippen molar-refractivity contribution in [1.82, 2.24) is 0 Å². The van der Waals surface area contributed by atoms with Gasteiger partial charge in [-0.3, -0.25) is 9.59 Å². The van der Waals surface area contributed by atoms with Crippen LogP contribution in [-0.2, 0) is 9.59 Å². The van der Waals surface area contributed by atoms with E-state index in [0.717, 1.165) is 19.3 Å². The second kappa shape index (κ2) is 4.27. The Hall–Kier alpha value is -0.960. The van der Waals surface area contributed by atoms with E-state index in [4.69, 9.17) is 5.11 Å². The van der Waals surface area contributed by atoms with Gasteiger partial charge in [-0.15, -0.1) is 0 Å². The van der Waals surface area contributed by atoms with E-state index in [1.165, 1.54) is 0 Å². The van der Waals surface area contributed by atoms with Crippen LogP contribution >= 0.6 is 0 Å². The van der Waals surface area contributed by atoms with Gasteiger partial charge < -0.3 is 5.11 Å².